The Hall–Kier alpha value is -1.43. The first-order valence-electron chi connectivity index (χ1n) is 7.52. The number of aromatic nitrogens is 1. The summed E-state index contributed by atoms with van der Waals surface area (Å²) in [5, 5.41) is 2.51. The van der Waals surface area contributed by atoms with Gasteiger partial charge in [0.25, 0.3) is 0 Å². The van der Waals surface area contributed by atoms with E-state index in [0.29, 0.717) is 18.3 Å². The average molecular weight is 308 g/mol. The SMILES string of the molecule is COC(=O)c1csc(CN(C(=O)C2CCCC2)C2CC2)n1. The predicted octanol–water partition coefficient (Wildman–Crippen LogP) is 2.61. The molecule has 114 valence electrons. The van der Waals surface area contributed by atoms with E-state index in [4.69, 9.17) is 0 Å². The zero-order chi connectivity index (χ0) is 14.8. The number of carbonyl (C=O) groups is 2. The lowest BCUT2D eigenvalue weighted by Gasteiger charge is -2.24. The Balaban J connectivity index is 1.68. The first kappa shape index (κ1) is 14.5. The van der Waals surface area contributed by atoms with E-state index in [1.807, 2.05) is 4.90 Å². The molecular weight excluding hydrogens is 288 g/mol. The largest absolute Gasteiger partial charge is 0.464 e. The molecule has 5 nitrogen and oxygen atoms in total. The van der Waals surface area contributed by atoms with Gasteiger partial charge in [0.15, 0.2) is 5.69 Å². The van der Waals surface area contributed by atoms with Crippen LogP contribution >= 0.6 is 11.3 Å². The Morgan fingerprint density at radius 2 is 2.05 bits per heavy atom. The van der Waals surface area contributed by atoms with E-state index >= 15 is 0 Å². The van der Waals surface area contributed by atoms with E-state index in [1.165, 1.54) is 31.3 Å². The average Bonchev–Trinajstić information content (AvgIpc) is 3.02. The molecule has 1 aromatic heterocycles. The van der Waals surface area contributed by atoms with E-state index in [2.05, 4.69) is 9.72 Å². The Morgan fingerprint density at radius 3 is 2.67 bits per heavy atom. The van der Waals surface area contributed by atoms with Crippen LogP contribution in [0.4, 0.5) is 0 Å². The minimum atomic E-state index is -0.419. The molecule has 2 saturated carbocycles. The third-order valence-electron chi connectivity index (χ3n) is 4.23. The molecule has 1 heterocycles. The van der Waals surface area contributed by atoms with Gasteiger partial charge in [-0.1, -0.05) is 12.8 Å². The fraction of sp³-hybridized carbons (Fsp3) is 0.667. The number of esters is 1. The highest BCUT2D eigenvalue weighted by Gasteiger charge is 2.37. The lowest BCUT2D eigenvalue weighted by atomic mass is 10.1. The van der Waals surface area contributed by atoms with Gasteiger partial charge in [0.1, 0.15) is 5.01 Å². The minimum absolute atomic E-state index is 0.200. The fourth-order valence-corrected chi connectivity index (χ4v) is 3.67. The summed E-state index contributed by atoms with van der Waals surface area (Å²) in [7, 11) is 1.35. The van der Waals surface area contributed by atoms with Crippen molar-refractivity contribution in [2.24, 2.45) is 5.92 Å². The summed E-state index contributed by atoms with van der Waals surface area (Å²) >= 11 is 1.42. The molecule has 1 amide bonds. The number of amides is 1. The summed E-state index contributed by atoms with van der Waals surface area (Å²) in [5.74, 6) is 0.0630. The second-order valence-corrected chi connectivity index (χ2v) is 6.74. The summed E-state index contributed by atoms with van der Waals surface area (Å²) in [5.41, 5.74) is 0.335. The third kappa shape index (κ3) is 3.26. The zero-order valence-electron chi connectivity index (χ0n) is 12.2. The van der Waals surface area contributed by atoms with Gasteiger partial charge in [-0.2, -0.15) is 0 Å². The normalized spacial score (nSPS) is 18.7. The van der Waals surface area contributed by atoms with Crippen LogP contribution in [-0.2, 0) is 16.1 Å². The third-order valence-corrected chi connectivity index (χ3v) is 5.06. The second kappa shape index (κ2) is 6.13. The van der Waals surface area contributed by atoms with Gasteiger partial charge in [-0.15, -0.1) is 11.3 Å². The number of methoxy groups -OCH3 is 1. The van der Waals surface area contributed by atoms with Crippen LogP contribution in [0.5, 0.6) is 0 Å². The zero-order valence-corrected chi connectivity index (χ0v) is 13.0. The molecule has 3 rings (SSSR count). The highest BCUT2D eigenvalue weighted by molar-refractivity contribution is 7.09. The quantitative estimate of drug-likeness (QED) is 0.785. The van der Waals surface area contributed by atoms with Crippen molar-refractivity contribution in [3.8, 4) is 0 Å². The van der Waals surface area contributed by atoms with Gasteiger partial charge >= 0.3 is 5.97 Å². The first-order chi connectivity index (χ1) is 10.2. The summed E-state index contributed by atoms with van der Waals surface area (Å²) in [6.45, 7) is 0.529. The van der Waals surface area contributed by atoms with Crippen LogP contribution in [-0.4, -0.2) is 34.9 Å². The molecule has 6 heteroatoms. The van der Waals surface area contributed by atoms with Crippen LogP contribution in [0.1, 0.15) is 54.0 Å². The van der Waals surface area contributed by atoms with Crippen LogP contribution in [0.2, 0.25) is 0 Å². The highest BCUT2D eigenvalue weighted by Crippen LogP contribution is 2.34. The van der Waals surface area contributed by atoms with Crippen LogP contribution in [0, 0.1) is 5.92 Å². The topological polar surface area (TPSA) is 59.5 Å². The Labute approximate surface area is 128 Å². The Bertz CT molecular complexity index is 533. The first-order valence-corrected chi connectivity index (χ1v) is 8.40. The minimum Gasteiger partial charge on any atom is -0.464 e. The van der Waals surface area contributed by atoms with Gasteiger partial charge < -0.3 is 9.64 Å². The van der Waals surface area contributed by atoms with Gasteiger partial charge in [-0.25, -0.2) is 9.78 Å². The van der Waals surface area contributed by atoms with Crippen LogP contribution in [0.15, 0.2) is 5.38 Å². The summed E-state index contributed by atoms with van der Waals surface area (Å²) in [6.07, 6.45) is 6.55. The Kier molecular flexibility index (Phi) is 4.24. The molecule has 0 unspecified atom stereocenters. The molecule has 2 fully saturated rings. The van der Waals surface area contributed by atoms with Gasteiger partial charge in [-0.3, -0.25) is 4.79 Å². The van der Waals surface area contributed by atoms with Crippen LogP contribution in [0.25, 0.3) is 0 Å². The molecule has 1 aromatic rings. The lowest BCUT2D eigenvalue weighted by Crippen LogP contribution is -2.36. The maximum Gasteiger partial charge on any atom is 0.357 e. The standard InChI is InChI=1S/C15H20N2O3S/c1-20-15(19)12-9-21-13(16-12)8-17(11-6-7-11)14(18)10-4-2-3-5-10/h9-11H,2-8H2,1H3. The molecule has 0 aromatic carbocycles. The van der Waals surface area contributed by atoms with Gasteiger partial charge in [0.2, 0.25) is 5.91 Å². The van der Waals surface area contributed by atoms with Crippen molar-refractivity contribution >= 4 is 23.2 Å². The summed E-state index contributed by atoms with van der Waals surface area (Å²) in [4.78, 5) is 30.4. The van der Waals surface area contributed by atoms with Crippen molar-refractivity contribution in [1.82, 2.24) is 9.88 Å². The number of carbonyl (C=O) groups excluding carboxylic acids is 2. The molecule has 0 bridgehead atoms. The van der Waals surface area contributed by atoms with Crippen molar-refractivity contribution < 1.29 is 14.3 Å². The van der Waals surface area contributed by atoms with E-state index < -0.39 is 5.97 Å². The predicted molar refractivity (Wildman–Crippen MR) is 79.0 cm³/mol. The Morgan fingerprint density at radius 1 is 1.33 bits per heavy atom. The van der Waals surface area contributed by atoms with Gasteiger partial charge in [-0.05, 0) is 25.7 Å². The fourth-order valence-electron chi connectivity index (χ4n) is 2.91. The van der Waals surface area contributed by atoms with E-state index in [9.17, 15) is 9.59 Å². The number of nitrogens with zero attached hydrogens (tertiary/aromatic N) is 2. The molecule has 0 spiro atoms. The lowest BCUT2D eigenvalue weighted by molar-refractivity contribution is -0.136. The van der Waals surface area contributed by atoms with Crippen molar-refractivity contribution in [2.45, 2.75) is 51.1 Å². The van der Waals surface area contributed by atoms with E-state index in [0.717, 1.165) is 30.7 Å². The molecule has 0 N–H and O–H groups in total. The smallest absolute Gasteiger partial charge is 0.357 e. The summed E-state index contributed by atoms with van der Waals surface area (Å²) in [6, 6.07) is 0.378. The molecule has 0 atom stereocenters. The number of thiazole rings is 1. The van der Waals surface area contributed by atoms with Crippen molar-refractivity contribution in [3.63, 3.8) is 0 Å². The van der Waals surface area contributed by atoms with E-state index in [-0.39, 0.29) is 11.8 Å². The van der Waals surface area contributed by atoms with Gasteiger partial charge in [0, 0.05) is 17.3 Å². The van der Waals surface area contributed by atoms with Crippen LogP contribution < -0.4 is 0 Å². The number of ether oxygens (including phenoxy) is 1. The van der Waals surface area contributed by atoms with E-state index in [1.54, 1.807) is 5.38 Å². The number of hydrogen-bond acceptors (Lipinski definition) is 5. The summed E-state index contributed by atoms with van der Waals surface area (Å²) < 4.78 is 4.67. The molecule has 0 radical (unpaired) electrons. The molecular formula is C15H20N2O3S. The molecule has 2 aliphatic rings. The highest BCUT2D eigenvalue weighted by atomic mass is 32.1. The second-order valence-electron chi connectivity index (χ2n) is 5.80. The molecule has 2 aliphatic carbocycles. The maximum atomic E-state index is 12.6. The number of rotatable bonds is 5. The molecule has 21 heavy (non-hydrogen) atoms. The molecule has 0 aliphatic heterocycles. The monoisotopic (exact) mass is 308 g/mol. The van der Waals surface area contributed by atoms with Crippen molar-refractivity contribution in [2.75, 3.05) is 7.11 Å². The maximum absolute atomic E-state index is 12.6. The van der Waals surface area contributed by atoms with Crippen LogP contribution in [0.3, 0.4) is 0 Å². The van der Waals surface area contributed by atoms with Crippen molar-refractivity contribution in [3.05, 3.63) is 16.1 Å². The van der Waals surface area contributed by atoms with Gasteiger partial charge in [0.05, 0.1) is 13.7 Å². The number of hydrogen-bond donors (Lipinski definition) is 0. The van der Waals surface area contributed by atoms with Crippen molar-refractivity contribution in [1.29, 1.82) is 0 Å². The molecule has 0 saturated heterocycles.